The summed E-state index contributed by atoms with van der Waals surface area (Å²) in [6.07, 6.45) is 2.68. The van der Waals surface area contributed by atoms with Crippen LogP contribution in [0.2, 0.25) is 0 Å². The molecule has 2 nitrogen and oxygen atoms in total. The zero-order valence-corrected chi connectivity index (χ0v) is 11.2. The van der Waals surface area contributed by atoms with Crippen LogP contribution in [0, 0.1) is 5.92 Å². The molecule has 0 aromatic heterocycles. The standard InChI is InChI=1S/C15H24N2/c1-12-9-14(10-12)16-11-15(17(2)3)13-7-5-4-6-8-13/h4-8,12,14-16H,9-11H2,1-3H3. The Morgan fingerprint density at radius 1 is 1.24 bits per heavy atom. The molecule has 0 bridgehead atoms. The Bertz CT molecular complexity index is 328. The maximum absolute atomic E-state index is 3.69. The van der Waals surface area contributed by atoms with E-state index in [0.29, 0.717) is 6.04 Å². The topological polar surface area (TPSA) is 15.3 Å². The van der Waals surface area contributed by atoms with Crippen molar-refractivity contribution in [1.29, 1.82) is 0 Å². The molecular weight excluding hydrogens is 208 g/mol. The van der Waals surface area contributed by atoms with Crippen LogP contribution in [0.25, 0.3) is 0 Å². The molecule has 1 aliphatic rings. The van der Waals surface area contributed by atoms with Crippen molar-refractivity contribution in [2.75, 3.05) is 20.6 Å². The van der Waals surface area contributed by atoms with Gasteiger partial charge in [0.05, 0.1) is 0 Å². The first kappa shape index (κ1) is 12.6. The van der Waals surface area contributed by atoms with E-state index in [9.17, 15) is 0 Å². The van der Waals surface area contributed by atoms with E-state index in [1.165, 1.54) is 18.4 Å². The molecule has 1 unspecified atom stereocenters. The SMILES string of the molecule is CC1CC(NCC(c2ccccc2)N(C)C)C1. The average molecular weight is 232 g/mol. The average Bonchev–Trinajstić information content (AvgIpc) is 2.27. The van der Waals surface area contributed by atoms with Crippen LogP contribution in [0.4, 0.5) is 0 Å². The van der Waals surface area contributed by atoms with Gasteiger partial charge in [0.1, 0.15) is 0 Å². The highest BCUT2D eigenvalue weighted by Gasteiger charge is 2.25. The van der Waals surface area contributed by atoms with Crippen LogP contribution < -0.4 is 5.32 Å². The van der Waals surface area contributed by atoms with E-state index < -0.39 is 0 Å². The summed E-state index contributed by atoms with van der Waals surface area (Å²) in [4.78, 5) is 2.30. The smallest absolute Gasteiger partial charge is 0.0466 e. The fourth-order valence-electron chi connectivity index (χ4n) is 2.62. The molecule has 0 saturated heterocycles. The van der Waals surface area contributed by atoms with E-state index >= 15 is 0 Å². The number of benzene rings is 1. The molecule has 2 heteroatoms. The molecule has 1 saturated carbocycles. The molecule has 0 heterocycles. The van der Waals surface area contributed by atoms with E-state index in [1.54, 1.807) is 0 Å². The predicted molar refractivity (Wildman–Crippen MR) is 73.1 cm³/mol. The first-order valence-corrected chi connectivity index (χ1v) is 6.61. The van der Waals surface area contributed by atoms with Gasteiger partial charge in [0.15, 0.2) is 0 Å². The maximum Gasteiger partial charge on any atom is 0.0466 e. The van der Waals surface area contributed by atoms with E-state index in [-0.39, 0.29) is 0 Å². The van der Waals surface area contributed by atoms with Crippen molar-refractivity contribution in [2.45, 2.75) is 31.8 Å². The highest BCUT2D eigenvalue weighted by Crippen LogP contribution is 2.27. The highest BCUT2D eigenvalue weighted by atomic mass is 15.1. The number of likely N-dealkylation sites (N-methyl/N-ethyl adjacent to an activating group) is 1. The number of nitrogens with one attached hydrogen (secondary N) is 1. The Balaban J connectivity index is 1.89. The van der Waals surface area contributed by atoms with Gasteiger partial charge in [-0.3, -0.25) is 0 Å². The number of rotatable bonds is 5. The van der Waals surface area contributed by atoms with Gasteiger partial charge in [-0.25, -0.2) is 0 Å². The van der Waals surface area contributed by atoms with E-state index in [0.717, 1.165) is 18.5 Å². The Kier molecular flexibility index (Phi) is 4.19. The molecular formula is C15H24N2. The molecule has 94 valence electrons. The lowest BCUT2D eigenvalue weighted by Crippen LogP contribution is -2.43. The summed E-state index contributed by atoms with van der Waals surface area (Å²) in [7, 11) is 4.31. The summed E-state index contributed by atoms with van der Waals surface area (Å²) < 4.78 is 0. The van der Waals surface area contributed by atoms with Crippen LogP contribution in [0.5, 0.6) is 0 Å². The molecule has 1 aromatic rings. The third kappa shape index (κ3) is 3.30. The van der Waals surface area contributed by atoms with Gasteiger partial charge < -0.3 is 10.2 Å². The molecule has 1 fully saturated rings. The van der Waals surface area contributed by atoms with Crippen molar-refractivity contribution in [3.8, 4) is 0 Å². The predicted octanol–water partition coefficient (Wildman–Crippen LogP) is 2.68. The summed E-state index contributed by atoms with van der Waals surface area (Å²) in [6, 6.07) is 12.0. The van der Waals surface area contributed by atoms with Gasteiger partial charge in [-0.05, 0) is 38.4 Å². The van der Waals surface area contributed by atoms with Gasteiger partial charge in [-0.15, -0.1) is 0 Å². The van der Waals surface area contributed by atoms with Gasteiger partial charge in [0, 0.05) is 18.6 Å². The van der Waals surface area contributed by atoms with Crippen LogP contribution in [-0.4, -0.2) is 31.6 Å². The van der Waals surface area contributed by atoms with Crippen LogP contribution in [0.1, 0.15) is 31.4 Å². The maximum atomic E-state index is 3.69. The Labute approximate surface area is 105 Å². The molecule has 0 radical (unpaired) electrons. The fourth-order valence-corrected chi connectivity index (χ4v) is 2.62. The summed E-state index contributed by atoms with van der Waals surface area (Å²) in [5.41, 5.74) is 1.40. The van der Waals surface area contributed by atoms with Gasteiger partial charge in [0.25, 0.3) is 0 Å². The molecule has 0 amide bonds. The van der Waals surface area contributed by atoms with E-state index in [2.05, 4.69) is 61.6 Å². The lowest BCUT2D eigenvalue weighted by molar-refractivity contribution is 0.211. The molecule has 1 N–H and O–H groups in total. The zero-order valence-electron chi connectivity index (χ0n) is 11.2. The molecule has 1 atom stereocenters. The third-order valence-electron chi connectivity index (χ3n) is 3.78. The quantitative estimate of drug-likeness (QED) is 0.839. The minimum Gasteiger partial charge on any atom is -0.312 e. The zero-order chi connectivity index (χ0) is 12.3. The molecule has 17 heavy (non-hydrogen) atoms. The number of nitrogens with zero attached hydrogens (tertiary/aromatic N) is 1. The number of hydrogen-bond acceptors (Lipinski definition) is 2. The normalized spacial score (nSPS) is 25.6. The fraction of sp³-hybridized carbons (Fsp3) is 0.600. The van der Waals surface area contributed by atoms with Gasteiger partial charge in [-0.2, -0.15) is 0 Å². The second kappa shape index (κ2) is 5.65. The lowest BCUT2D eigenvalue weighted by Gasteiger charge is -2.36. The van der Waals surface area contributed by atoms with E-state index in [4.69, 9.17) is 0 Å². The minimum atomic E-state index is 0.479. The van der Waals surface area contributed by atoms with Crippen LogP contribution in [0.3, 0.4) is 0 Å². The van der Waals surface area contributed by atoms with Crippen LogP contribution >= 0.6 is 0 Å². The Hall–Kier alpha value is -0.860. The summed E-state index contributed by atoms with van der Waals surface area (Å²) in [5.74, 6) is 0.919. The molecule has 1 aliphatic carbocycles. The summed E-state index contributed by atoms with van der Waals surface area (Å²) >= 11 is 0. The molecule has 1 aromatic carbocycles. The summed E-state index contributed by atoms with van der Waals surface area (Å²) in [6.45, 7) is 3.38. The van der Waals surface area contributed by atoms with Crippen molar-refractivity contribution in [2.24, 2.45) is 5.92 Å². The summed E-state index contributed by atoms with van der Waals surface area (Å²) in [5, 5.41) is 3.69. The van der Waals surface area contributed by atoms with Crippen molar-refractivity contribution >= 4 is 0 Å². The van der Waals surface area contributed by atoms with Crippen LogP contribution in [-0.2, 0) is 0 Å². The van der Waals surface area contributed by atoms with Gasteiger partial charge in [0.2, 0.25) is 0 Å². The molecule has 0 aliphatic heterocycles. The second-order valence-electron chi connectivity index (χ2n) is 5.57. The van der Waals surface area contributed by atoms with Crippen molar-refractivity contribution in [3.05, 3.63) is 35.9 Å². The lowest BCUT2D eigenvalue weighted by atomic mass is 9.82. The van der Waals surface area contributed by atoms with E-state index in [1.807, 2.05) is 0 Å². The monoisotopic (exact) mass is 232 g/mol. The Morgan fingerprint density at radius 2 is 1.88 bits per heavy atom. The molecule has 2 rings (SSSR count). The highest BCUT2D eigenvalue weighted by molar-refractivity contribution is 5.19. The van der Waals surface area contributed by atoms with Crippen molar-refractivity contribution in [1.82, 2.24) is 10.2 Å². The third-order valence-corrected chi connectivity index (χ3v) is 3.78. The Morgan fingerprint density at radius 3 is 2.41 bits per heavy atom. The van der Waals surface area contributed by atoms with Gasteiger partial charge >= 0.3 is 0 Å². The first-order chi connectivity index (χ1) is 8.16. The second-order valence-corrected chi connectivity index (χ2v) is 5.57. The van der Waals surface area contributed by atoms with Gasteiger partial charge in [-0.1, -0.05) is 37.3 Å². The minimum absolute atomic E-state index is 0.479. The van der Waals surface area contributed by atoms with Crippen molar-refractivity contribution < 1.29 is 0 Å². The first-order valence-electron chi connectivity index (χ1n) is 6.61. The van der Waals surface area contributed by atoms with Crippen LogP contribution in [0.15, 0.2) is 30.3 Å². The largest absolute Gasteiger partial charge is 0.312 e. The molecule has 0 spiro atoms. The van der Waals surface area contributed by atoms with Crippen molar-refractivity contribution in [3.63, 3.8) is 0 Å². The number of hydrogen-bond donors (Lipinski definition) is 1.